The van der Waals surface area contributed by atoms with E-state index < -0.39 is 5.97 Å². The molecule has 1 amide bonds. The van der Waals surface area contributed by atoms with Gasteiger partial charge in [0, 0.05) is 17.2 Å². The van der Waals surface area contributed by atoms with Crippen LogP contribution >= 0.6 is 11.8 Å². The molecule has 5 nitrogen and oxygen atoms in total. The maximum Gasteiger partial charge on any atom is 0.342 e. The van der Waals surface area contributed by atoms with Crippen LogP contribution in [0, 0.1) is 13.8 Å². The van der Waals surface area contributed by atoms with E-state index in [4.69, 9.17) is 4.74 Å². The van der Waals surface area contributed by atoms with Gasteiger partial charge in [-0.1, -0.05) is 29.3 Å². The number of thioether (sulfide) groups is 1. The van der Waals surface area contributed by atoms with Crippen LogP contribution in [0.2, 0.25) is 0 Å². The quantitative estimate of drug-likeness (QED) is 0.451. The van der Waals surface area contributed by atoms with E-state index in [-0.39, 0.29) is 23.8 Å². The van der Waals surface area contributed by atoms with Gasteiger partial charge in [0.05, 0.1) is 0 Å². The zero-order valence-electron chi connectivity index (χ0n) is 14.2. The van der Waals surface area contributed by atoms with E-state index in [1.165, 1.54) is 17.7 Å². The van der Waals surface area contributed by atoms with E-state index in [9.17, 15) is 14.7 Å². The zero-order chi connectivity index (χ0) is 18.2. The Morgan fingerprint density at radius 3 is 2.48 bits per heavy atom. The van der Waals surface area contributed by atoms with E-state index in [0.29, 0.717) is 6.54 Å². The standard InChI is InChI=1S/C19H21NO4S/c1-13-3-6-15(7-4-13)25-10-9-20-18(22)12-24-19(23)16-11-14(2)5-8-17(16)21/h3-8,11,21H,9-10,12H2,1-2H3,(H,20,22). The first-order valence-electron chi connectivity index (χ1n) is 7.88. The summed E-state index contributed by atoms with van der Waals surface area (Å²) in [4.78, 5) is 24.8. The summed E-state index contributed by atoms with van der Waals surface area (Å²) in [5.41, 5.74) is 2.09. The molecule has 0 saturated carbocycles. The van der Waals surface area contributed by atoms with Gasteiger partial charge in [0.2, 0.25) is 0 Å². The van der Waals surface area contributed by atoms with Crippen LogP contribution in [0.3, 0.4) is 0 Å². The Kier molecular flexibility index (Phi) is 6.89. The van der Waals surface area contributed by atoms with Crippen LogP contribution in [-0.4, -0.2) is 35.9 Å². The second kappa shape index (κ2) is 9.13. The summed E-state index contributed by atoms with van der Waals surface area (Å²) in [6, 6.07) is 12.8. The highest BCUT2D eigenvalue weighted by molar-refractivity contribution is 7.99. The van der Waals surface area contributed by atoms with Crippen molar-refractivity contribution < 1.29 is 19.4 Å². The van der Waals surface area contributed by atoms with Crippen LogP contribution in [-0.2, 0) is 9.53 Å². The highest BCUT2D eigenvalue weighted by atomic mass is 32.2. The molecular weight excluding hydrogens is 338 g/mol. The van der Waals surface area contributed by atoms with Gasteiger partial charge in [0.1, 0.15) is 11.3 Å². The van der Waals surface area contributed by atoms with Gasteiger partial charge in [-0.05, 0) is 38.1 Å². The van der Waals surface area contributed by atoms with E-state index in [1.54, 1.807) is 24.8 Å². The van der Waals surface area contributed by atoms with Crippen molar-refractivity contribution in [1.82, 2.24) is 5.32 Å². The highest BCUT2D eigenvalue weighted by Crippen LogP contribution is 2.19. The average molecular weight is 359 g/mol. The van der Waals surface area contributed by atoms with Crippen LogP contribution in [0.4, 0.5) is 0 Å². The highest BCUT2D eigenvalue weighted by Gasteiger charge is 2.14. The molecule has 0 atom stereocenters. The summed E-state index contributed by atoms with van der Waals surface area (Å²) in [6.07, 6.45) is 0. The van der Waals surface area contributed by atoms with Gasteiger partial charge in [-0.3, -0.25) is 4.79 Å². The van der Waals surface area contributed by atoms with E-state index in [1.807, 2.05) is 31.2 Å². The Hall–Kier alpha value is -2.47. The number of esters is 1. The molecule has 2 N–H and O–H groups in total. The molecule has 132 valence electrons. The van der Waals surface area contributed by atoms with Crippen LogP contribution in [0.1, 0.15) is 21.5 Å². The molecule has 0 fully saturated rings. The first-order valence-corrected chi connectivity index (χ1v) is 8.87. The second-order valence-corrected chi connectivity index (χ2v) is 6.78. The predicted molar refractivity (Wildman–Crippen MR) is 98.0 cm³/mol. The number of carbonyl (C=O) groups is 2. The van der Waals surface area contributed by atoms with Crippen molar-refractivity contribution in [1.29, 1.82) is 0 Å². The molecule has 2 aromatic rings. The van der Waals surface area contributed by atoms with Gasteiger partial charge in [0.15, 0.2) is 6.61 Å². The van der Waals surface area contributed by atoms with Gasteiger partial charge in [-0.15, -0.1) is 11.8 Å². The summed E-state index contributed by atoms with van der Waals surface area (Å²) in [6.45, 7) is 3.94. The van der Waals surface area contributed by atoms with Gasteiger partial charge in [-0.2, -0.15) is 0 Å². The number of amides is 1. The Morgan fingerprint density at radius 2 is 1.76 bits per heavy atom. The summed E-state index contributed by atoms with van der Waals surface area (Å²) < 4.78 is 4.94. The van der Waals surface area contributed by atoms with Crippen LogP contribution in [0.15, 0.2) is 47.4 Å². The summed E-state index contributed by atoms with van der Waals surface area (Å²) in [5.74, 6) is -0.526. The molecule has 0 aliphatic rings. The lowest BCUT2D eigenvalue weighted by Crippen LogP contribution is -2.30. The molecule has 0 saturated heterocycles. The monoisotopic (exact) mass is 359 g/mol. The zero-order valence-corrected chi connectivity index (χ0v) is 15.1. The van der Waals surface area contributed by atoms with Crippen molar-refractivity contribution in [3.63, 3.8) is 0 Å². The number of ether oxygens (including phenoxy) is 1. The third-order valence-corrected chi connectivity index (χ3v) is 4.43. The molecule has 2 rings (SSSR count). The Morgan fingerprint density at radius 1 is 1.08 bits per heavy atom. The summed E-state index contributed by atoms with van der Waals surface area (Å²) >= 11 is 1.64. The molecule has 25 heavy (non-hydrogen) atoms. The lowest BCUT2D eigenvalue weighted by atomic mass is 10.1. The average Bonchev–Trinajstić information content (AvgIpc) is 2.60. The van der Waals surface area contributed by atoms with Gasteiger partial charge in [0.25, 0.3) is 5.91 Å². The molecule has 0 unspecified atom stereocenters. The second-order valence-electron chi connectivity index (χ2n) is 5.61. The fourth-order valence-corrected chi connectivity index (χ4v) is 2.84. The predicted octanol–water partition coefficient (Wildman–Crippen LogP) is 3.07. The maximum absolute atomic E-state index is 11.9. The number of benzene rings is 2. The molecule has 0 spiro atoms. The van der Waals surface area contributed by atoms with Crippen molar-refractivity contribution in [2.75, 3.05) is 18.9 Å². The number of nitrogens with one attached hydrogen (secondary N) is 1. The van der Waals surface area contributed by atoms with Crippen molar-refractivity contribution in [2.45, 2.75) is 18.7 Å². The molecule has 0 aliphatic heterocycles. The third kappa shape index (κ3) is 6.15. The van der Waals surface area contributed by atoms with Crippen LogP contribution in [0.5, 0.6) is 5.75 Å². The molecule has 0 aliphatic carbocycles. The SMILES string of the molecule is Cc1ccc(SCCNC(=O)COC(=O)c2cc(C)ccc2O)cc1. The number of aromatic hydroxyl groups is 1. The third-order valence-electron chi connectivity index (χ3n) is 3.42. The lowest BCUT2D eigenvalue weighted by Gasteiger charge is -2.08. The molecule has 0 bridgehead atoms. The number of hydrogen-bond donors (Lipinski definition) is 2. The van der Waals surface area contributed by atoms with Crippen molar-refractivity contribution >= 4 is 23.6 Å². The Bertz CT molecular complexity index is 744. The Labute approximate surface area is 151 Å². The van der Waals surface area contributed by atoms with Gasteiger partial charge in [-0.25, -0.2) is 4.79 Å². The number of aryl methyl sites for hydroxylation is 2. The number of carbonyl (C=O) groups excluding carboxylic acids is 2. The fraction of sp³-hybridized carbons (Fsp3) is 0.263. The minimum absolute atomic E-state index is 0.0581. The normalized spacial score (nSPS) is 10.3. The Balaban J connectivity index is 1.69. The van der Waals surface area contributed by atoms with Gasteiger partial charge < -0.3 is 15.2 Å². The topological polar surface area (TPSA) is 75.6 Å². The van der Waals surface area contributed by atoms with E-state index in [2.05, 4.69) is 5.32 Å². The smallest absolute Gasteiger partial charge is 0.342 e. The van der Waals surface area contributed by atoms with Crippen molar-refractivity contribution in [2.24, 2.45) is 0 Å². The number of phenols is 1. The number of hydrogen-bond acceptors (Lipinski definition) is 5. The summed E-state index contributed by atoms with van der Waals surface area (Å²) in [7, 11) is 0. The van der Waals surface area contributed by atoms with E-state index in [0.717, 1.165) is 16.2 Å². The maximum atomic E-state index is 11.9. The molecule has 0 aromatic heterocycles. The lowest BCUT2D eigenvalue weighted by molar-refractivity contribution is -0.124. The molecule has 0 radical (unpaired) electrons. The first kappa shape index (κ1) is 18.9. The minimum Gasteiger partial charge on any atom is -0.507 e. The van der Waals surface area contributed by atoms with E-state index >= 15 is 0 Å². The van der Waals surface area contributed by atoms with Crippen LogP contribution in [0.25, 0.3) is 0 Å². The largest absolute Gasteiger partial charge is 0.507 e. The van der Waals surface area contributed by atoms with Crippen molar-refractivity contribution in [3.8, 4) is 5.75 Å². The molecular formula is C19H21NO4S. The molecule has 0 heterocycles. The molecule has 2 aromatic carbocycles. The summed E-state index contributed by atoms with van der Waals surface area (Å²) in [5, 5.41) is 12.4. The van der Waals surface area contributed by atoms with Crippen LogP contribution < -0.4 is 5.32 Å². The van der Waals surface area contributed by atoms with Crippen molar-refractivity contribution in [3.05, 3.63) is 59.2 Å². The minimum atomic E-state index is -0.717. The number of phenolic OH excluding ortho intramolecular Hbond substituents is 1. The van der Waals surface area contributed by atoms with Gasteiger partial charge >= 0.3 is 5.97 Å². The molecule has 6 heteroatoms. The first-order chi connectivity index (χ1) is 12.0. The fourth-order valence-electron chi connectivity index (χ4n) is 2.07. The number of rotatable bonds is 7.